The van der Waals surface area contributed by atoms with Crippen LogP contribution in [0.2, 0.25) is 0 Å². The first-order valence-corrected chi connectivity index (χ1v) is 7.70. The Kier molecular flexibility index (Phi) is 3.84. The van der Waals surface area contributed by atoms with E-state index in [1.165, 1.54) is 16.5 Å². The van der Waals surface area contributed by atoms with Crippen LogP contribution in [-0.4, -0.2) is 16.3 Å². The minimum absolute atomic E-state index is 0.0615. The van der Waals surface area contributed by atoms with Crippen LogP contribution in [0, 0.1) is 0 Å². The van der Waals surface area contributed by atoms with Crippen LogP contribution >= 0.6 is 0 Å². The van der Waals surface area contributed by atoms with Gasteiger partial charge in [0.05, 0.1) is 11.2 Å². The fourth-order valence-electron chi connectivity index (χ4n) is 2.54. The number of hydrogen-bond acceptors (Lipinski definition) is 1. The van der Waals surface area contributed by atoms with Crippen molar-refractivity contribution in [1.82, 2.24) is 4.57 Å². The highest BCUT2D eigenvalue weighted by Crippen LogP contribution is 2.21. The summed E-state index contributed by atoms with van der Waals surface area (Å²) in [6, 6.07) is 21.3. The molecule has 0 saturated carbocycles. The van der Waals surface area contributed by atoms with Crippen LogP contribution in [0.1, 0.15) is 32.0 Å². The molecule has 0 atom stereocenters. The molecule has 1 aromatic heterocycles. The SMILES string of the molecule is CC(C)(C)N=Cc1cc2ccccc2n1Cc1ccccc1. The Hall–Kier alpha value is -2.35. The standard InChI is InChI=1S/C20H22N2/c1-20(2,3)21-14-18-13-17-11-7-8-12-19(17)22(18)15-16-9-5-4-6-10-16/h4-14H,15H2,1-3H3. The van der Waals surface area contributed by atoms with Gasteiger partial charge >= 0.3 is 0 Å². The Balaban J connectivity index is 2.07. The van der Waals surface area contributed by atoms with Crippen LogP contribution in [0.3, 0.4) is 0 Å². The maximum Gasteiger partial charge on any atom is 0.0602 e. The van der Waals surface area contributed by atoms with E-state index in [9.17, 15) is 0 Å². The maximum atomic E-state index is 4.68. The number of hydrogen-bond donors (Lipinski definition) is 0. The predicted octanol–water partition coefficient (Wildman–Crippen LogP) is 4.91. The highest BCUT2D eigenvalue weighted by atomic mass is 15.0. The van der Waals surface area contributed by atoms with Gasteiger partial charge in [-0.3, -0.25) is 4.99 Å². The van der Waals surface area contributed by atoms with Crippen molar-refractivity contribution >= 4 is 17.1 Å². The molecule has 3 rings (SSSR count). The van der Waals surface area contributed by atoms with E-state index in [-0.39, 0.29) is 5.54 Å². The number of aromatic nitrogens is 1. The lowest BCUT2D eigenvalue weighted by molar-refractivity contribution is 0.586. The van der Waals surface area contributed by atoms with Crippen LogP contribution < -0.4 is 0 Å². The Labute approximate surface area is 132 Å². The molecule has 0 amide bonds. The molecule has 0 spiro atoms. The average Bonchev–Trinajstić information content (AvgIpc) is 2.84. The molecule has 0 radical (unpaired) electrons. The van der Waals surface area contributed by atoms with Crippen molar-refractivity contribution in [1.29, 1.82) is 0 Å². The molecule has 22 heavy (non-hydrogen) atoms. The molecule has 0 fully saturated rings. The lowest BCUT2D eigenvalue weighted by Gasteiger charge is -2.12. The van der Waals surface area contributed by atoms with Crippen molar-refractivity contribution in [3.63, 3.8) is 0 Å². The third-order valence-corrected chi connectivity index (χ3v) is 3.61. The van der Waals surface area contributed by atoms with Gasteiger partial charge in [0.25, 0.3) is 0 Å². The molecule has 3 aromatic rings. The zero-order valence-electron chi connectivity index (χ0n) is 13.5. The van der Waals surface area contributed by atoms with E-state index in [2.05, 4.69) is 91.0 Å². The number of benzene rings is 2. The smallest absolute Gasteiger partial charge is 0.0602 e. The summed E-state index contributed by atoms with van der Waals surface area (Å²) < 4.78 is 2.33. The first kappa shape index (κ1) is 14.6. The van der Waals surface area contributed by atoms with Crippen molar-refractivity contribution in [2.24, 2.45) is 4.99 Å². The van der Waals surface area contributed by atoms with Crippen molar-refractivity contribution < 1.29 is 0 Å². The molecule has 0 bridgehead atoms. The molecular weight excluding hydrogens is 268 g/mol. The molecule has 112 valence electrons. The number of aliphatic imine (C=N–C) groups is 1. The monoisotopic (exact) mass is 290 g/mol. The Morgan fingerprint density at radius 2 is 1.64 bits per heavy atom. The predicted molar refractivity (Wildman–Crippen MR) is 94.8 cm³/mol. The Morgan fingerprint density at radius 3 is 2.36 bits per heavy atom. The van der Waals surface area contributed by atoms with Gasteiger partial charge in [0.1, 0.15) is 0 Å². The van der Waals surface area contributed by atoms with Crippen molar-refractivity contribution in [2.75, 3.05) is 0 Å². The van der Waals surface area contributed by atoms with Crippen LogP contribution in [0.25, 0.3) is 10.9 Å². The topological polar surface area (TPSA) is 17.3 Å². The summed E-state index contributed by atoms with van der Waals surface area (Å²) in [7, 11) is 0. The van der Waals surface area contributed by atoms with E-state index in [1.807, 2.05) is 6.21 Å². The molecule has 0 aliphatic carbocycles. The maximum absolute atomic E-state index is 4.68. The molecule has 2 aromatic carbocycles. The molecule has 0 N–H and O–H groups in total. The number of para-hydroxylation sites is 1. The van der Waals surface area contributed by atoms with Gasteiger partial charge in [-0.2, -0.15) is 0 Å². The summed E-state index contributed by atoms with van der Waals surface area (Å²) in [6.07, 6.45) is 2.00. The summed E-state index contributed by atoms with van der Waals surface area (Å²) in [5.41, 5.74) is 3.64. The Morgan fingerprint density at radius 1 is 0.955 bits per heavy atom. The van der Waals surface area contributed by atoms with Crippen LogP contribution in [0.5, 0.6) is 0 Å². The molecule has 0 aliphatic rings. The second kappa shape index (κ2) is 5.80. The van der Waals surface area contributed by atoms with Crippen LogP contribution in [-0.2, 0) is 6.54 Å². The average molecular weight is 290 g/mol. The Bertz CT molecular complexity index is 789. The molecule has 0 aliphatic heterocycles. The molecule has 0 unspecified atom stereocenters. The third kappa shape index (κ3) is 3.28. The molecule has 2 heteroatoms. The van der Waals surface area contributed by atoms with Gasteiger partial charge in [0.15, 0.2) is 0 Å². The van der Waals surface area contributed by atoms with Gasteiger partial charge in [-0.1, -0.05) is 48.5 Å². The summed E-state index contributed by atoms with van der Waals surface area (Å²) in [6.45, 7) is 7.22. The van der Waals surface area contributed by atoms with Crippen molar-refractivity contribution in [3.8, 4) is 0 Å². The minimum atomic E-state index is -0.0615. The summed E-state index contributed by atoms with van der Waals surface area (Å²) in [4.78, 5) is 4.68. The third-order valence-electron chi connectivity index (χ3n) is 3.61. The molecule has 2 nitrogen and oxygen atoms in total. The molecular formula is C20H22N2. The number of rotatable bonds is 3. The largest absolute Gasteiger partial charge is 0.335 e. The van der Waals surface area contributed by atoms with Crippen LogP contribution in [0.4, 0.5) is 0 Å². The second-order valence-electron chi connectivity index (χ2n) is 6.63. The van der Waals surface area contributed by atoms with E-state index in [4.69, 9.17) is 0 Å². The van der Waals surface area contributed by atoms with E-state index < -0.39 is 0 Å². The second-order valence-corrected chi connectivity index (χ2v) is 6.63. The summed E-state index contributed by atoms with van der Waals surface area (Å²) in [5.74, 6) is 0. The fraction of sp³-hybridized carbons (Fsp3) is 0.250. The van der Waals surface area contributed by atoms with Gasteiger partial charge in [-0.25, -0.2) is 0 Å². The zero-order chi connectivity index (χ0) is 15.6. The van der Waals surface area contributed by atoms with E-state index in [0.29, 0.717) is 0 Å². The fourth-order valence-corrected chi connectivity index (χ4v) is 2.54. The van der Waals surface area contributed by atoms with Crippen molar-refractivity contribution in [3.05, 3.63) is 71.9 Å². The summed E-state index contributed by atoms with van der Waals surface area (Å²) >= 11 is 0. The van der Waals surface area contributed by atoms with Gasteiger partial charge in [0, 0.05) is 23.7 Å². The van der Waals surface area contributed by atoms with Gasteiger partial charge in [0.2, 0.25) is 0 Å². The van der Waals surface area contributed by atoms with E-state index >= 15 is 0 Å². The first-order chi connectivity index (χ1) is 10.5. The van der Waals surface area contributed by atoms with Gasteiger partial charge < -0.3 is 4.57 Å². The van der Waals surface area contributed by atoms with Crippen molar-refractivity contribution in [2.45, 2.75) is 32.9 Å². The highest BCUT2D eigenvalue weighted by Gasteiger charge is 2.10. The highest BCUT2D eigenvalue weighted by molar-refractivity contribution is 5.90. The molecule has 1 heterocycles. The minimum Gasteiger partial charge on any atom is -0.335 e. The quantitative estimate of drug-likeness (QED) is 0.610. The lowest BCUT2D eigenvalue weighted by atomic mass is 10.1. The number of fused-ring (bicyclic) bond motifs is 1. The lowest BCUT2D eigenvalue weighted by Crippen LogP contribution is -2.11. The first-order valence-electron chi connectivity index (χ1n) is 7.70. The van der Waals surface area contributed by atoms with Gasteiger partial charge in [-0.15, -0.1) is 0 Å². The van der Waals surface area contributed by atoms with E-state index in [0.717, 1.165) is 12.2 Å². The zero-order valence-corrected chi connectivity index (χ0v) is 13.5. The normalized spacial score (nSPS) is 12.3. The van der Waals surface area contributed by atoms with E-state index in [1.54, 1.807) is 0 Å². The summed E-state index contributed by atoms with van der Waals surface area (Å²) in [5, 5.41) is 1.26. The van der Waals surface area contributed by atoms with Crippen LogP contribution in [0.15, 0.2) is 65.7 Å². The number of nitrogens with zero attached hydrogens (tertiary/aromatic N) is 2. The van der Waals surface area contributed by atoms with Gasteiger partial charge in [-0.05, 0) is 38.5 Å². The molecule has 0 saturated heterocycles.